The van der Waals surface area contributed by atoms with Gasteiger partial charge in [0.15, 0.2) is 0 Å². The molecule has 0 unspecified atom stereocenters. The second-order valence-electron chi connectivity index (χ2n) is 10.4. The van der Waals surface area contributed by atoms with E-state index in [9.17, 15) is 4.79 Å². The van der Waals surface area contributed by atoms with E-state index in [2.05, 4.69) is 59.2 Å². The van der Waals surface area contributed by atoms with E-state index in [-0.39, 0.29) is 5.91 Å². The summed E-state index contributed by atoms with van der Waals surface area (Å²) in [6, 6.07) is 17.7. The average molecular weight is 427 g/mol. The third-order valence-corrected chi connectivity index (χ3v) is 8.62. The molecule has 0 saturated heterocycles. The Balaban J connectivity index is 1.23. The van der Waals surface area contributed by atoms with Gasteiger partial charge >= 0.3 is 0 Å². The van der Waals surface area contributed by atoms with Crippen LogP contribution in [0.5, 0.6) is 0 Å². The quantitative estimate of drug-likeness (QED) is 0.529. The first-order chi connectivity index (χ1) is 15.8. The normalized spacial score (nSPS) is 30.1. The number of allylic oxidation sites excluding steroid dienone is 1. The molecule has 2 fully saturated rings. The van der Waals surface area contributed by atoms with Gasteiger partial charge < -0.3 is 10.6 Å². The summed E-state index contributed by atoms with van der Waals surface area (Å²) >= 11 is 0. The number of fused-ring (bicyclic) bond motifs is 7. The molecule has 1 aliphatic heterocycles. The third kappa shape index (κ3) is 3.56. The van der Waals surface area contributed by atoms with E-state index in [0.717, 1.165) is 30.4 Å². The summed E-state index contributed by atoms with van der Waals surface area (Å²) in [4.78, 5) is 13.0. The van der Waals surface area contributed by atoms with Gasteiger partial charge in [-0.3, -0.25) is 4.79 Å². The summed E-state index contributed by atoms with van der Waals surface area (Å²) in [5, 5.41) is 7.06. The van der Waals surface area contributed by atoms with Gasteiger partial charge in [-0.2, -0.15) is 0 Å². The lowest BCUT2D eigenvalue weighted by Gasteiger charge is -2.43. The first-order valence-corrected chi connectivity index (χ1v) is 12.7. The SMILES string of the molecule is O=C(NCCC1=CCCCC1)c1ccc2c(c1)[C@@H]1[C@H]3CC[C@@H](C3)[C@@H]1[C@@H](c1ccccc1)N2. The number of hydrogen-bond acceptors (Lipinski definition) is 2. The minimum atomic E-state index is 0.0779. The smallest absolute Gasteiger partial charge is 0.251 e. The van der Waals surface area contributed by atoms with E-state index in [1.165, 1.54) is 67.3 Å². The fourth-order valence-electron chi connectivity index (χ4n) is 7.19. The topological polar surface area (TPSA) is 41.1 Å². The Bertz CT molecular complexity index is 1030. The van der Waals surface area contributed by atoms with Crippen molar-refractivity contribution < 1.29 is 4.79 Å². The molecule has 2 N–H and O–H groups in total. The molecule has 0 aromatic heterocycles. The molecule has 0 radical (unpaired) electrons. The monoisotopic (exact) mass is 426 g/mol. The van der Waals surface area contributed by atoms with E-state index in [0.29, 0.717) is 17.9 Å². The zero-order valence-electron chi connectivity index (χ0n) is 18.9. The van der Waals surface area contributed by atoms with Gasteiger partial charge in [0.1, 0.15) is 0 Å². The number of hydrogen-bond donors (Lipinski definition) is 2. The Labute approximate surface area is 191 Å². The first-order valence-electron chi connectivity index (χ1n) is 12.7. The number of anilines is 1. The average Bonchev–Trinajstić information content (AvgIpc) is 3.47. The van der Waals surface area contributed by atoms with Crippen molar-refractivity contribution in [3.8, 4) is 0 Å². The minimum absolute atomic E-state index is 0.0779. The standard InChI is InChI=1S/C29H34N2O/c32-29(30-16-15-19-7-3-1-4-8-19)23-13-14-25-24(18-23)26-21-11-12-22(17-21)27(26)28(31-25)20-9-5-2-6-10-20/h2,5-7,9-10,13-14,18,21-22,26-28,31H,1,3-4,8,11-12,15-17H2,(H,30,32)/t21-,22-,26-,27-,28+/m0/s1. The summed E-state index contributed by atoms with van der Waals surface area (Å²) in [5.74, 6) is 2.87. The molecule has 6 rings (SSSR count). The van der Waals surface area contributed by atoms with Gasteiger partial charge in [0.2, 0.25) is 0 Å². The molecule has 2 bridgehead atoms. The van der Waals surface area contributed by atoms with Crippen molar-refractivity contribution in [2.45, 2.75) is 63.3 Å². The van der Waals surface area contributed by atoms with E-state index in [4.69, 9.17) is 0 Å². The van der Waals surface area contributed by atoms with Crippen molar-refractivity contribution >= 4 is 11.6 Å². The zero-order chi connectivity index (χ0) is 21.5. The molecule has 5 atom stereocenters. The van der Waals surface area contributed by atoms with Gasteiger partial charge in [0.25, 0.3) is 5.91 Å². The van der Waals surface area contributed by atoms with Gasteiger partial charge in [0.05, 0.1) is 6.04 Å². The Morgan fingerprint density at radius 3 is 2.75 bits per heavy atom. The van der Waals surface area contributed by atoms with Crippen LogP contribution in [0.1, 0.15) is 84.8 Å². The lowest BCUT2D eigenvalue weighted by Crippen LogP contribution is -2.35. The highest BCUT2D eigenvalue weighted by Gasteiger charge is 2.53. The maximum atomic E-state index is 13.0. The second-order valence-corrected chi connectivity index (χ2v) is 10.4. The highest BCUT2D eigenvalue weighted by atomic mass is 16.1. The van der Waals surface area contributed by atoms with Crippen molar-refractivity contribution in [3.63, 3.8) is 0 Å². The first kappa shape index (κ1) is 20.1. The highest BCUT2D eigenvalue weighted by Crippen LogP contribution is 2.63. The predicted octanol–water partition coefficient (Wildman–Crippen LogP) is 6.60. The van der Waals surface area contributed by atoms with Gasteiger partial charge in [-0.25, -0.2) is 0 Å². The van der Waals surface area contributed by atoms with Crippen molar-refractivity contribution in [1.29, 1.82) is 0 Å². The van der Waals surface area contributed by atoms with Crippen molar-refractivity contribution in [3.05, 3.63) is 76.9 Å². The van der Waals surface area contributed by atoms with E-state index >= 15 is 0 Å². The highest BCUT2D eigenvalue weighted by molar-refractivity contribution is 5.95. The van der Waals surface area contributed by atoms with Gasteiger partial charge in [-0.05, 0) is 104 Å². The number of carbonyl (C=O) groups excluding carboxylic acids is 1. The van der Waals surface area contributed by atoms with Crippen molar-refractivity contribution in [2.24, 2.45) is 17.8 Å². The fraction of sp³-hybridized carbons (Fsp3) is 0.483. The number of benzene rings is 2. The predicted molar refractivity (Wildman–Crippen MR) is 130 cm³/mol. The molecule has 2 aromatic rings. The molecule has 4 aliphatic rings. The van der Waals surface area contributed by atoms with Crippen LogP contribution in [0.3, 0.4) is 0 Å². The third-order valence-electron chi connectivity index (χ3n) is 8.62. The lowest BCUT2D eigenvalue weighted by molar-refractivity contribution is 0.0953. The number of carbonyl (C=O) groups is 1. The largest absolute Gasteiger partial charge is 0.378 e. The number of nitrogens with one attached hydrogen (secondary N) is 2. The maximum absolute atomic E-state index is 13.0. The molecular weight excluding hydrogens is 392 g/mol. The van der Waals surface area contributed by atoms with Crippen LogP contribution in [0.2, 0.25) is 0 Å². The van der Waals surface area contributed by atoms with Crippen LogP contribution in [-0.4, -0.2) is 12.5 Å². The van der Waals surface area contributed by atoms with Crippen LogP contribution in [0.4, 0.5) is 5.69 Å². The van der Waals surface area contributed by atoms with Crippen molar-refractivity contribution in [2.75, 3.05) is 11.9 Å². The van der Waals surface area contributed by atoms with E-state index in [1.807, 2.05) is 6.07 Å². The Morgan fingerprint density at radius 2 is 1.91 bits per heavy atom. The van der Waals surface area contributed by atoms with Crippen LogP contribution in [0.15, 0.2) is 60.2 Å². The molecule has 2 saturated carbocycles. The molecular formula is C29H34N2O. The molecule has 1 amide bonds. The summed E-state index contributed by atoms with van der Waals surface area (Å²) in [7, 11) is 0. The van der Waals surface area contributed by atoms with Gasteiger partial charge in [-0.15, -0.1) is 0 Å². The summed E-state index contributed by atoms with van der Waals surface area (Å²) in [6.45, 7) is 0.743. The van der Waals surface area contributed by atoms with E-state index in [1.54, 1.807) is 0 Å². The molecule has 166 valence electrons. The molecule has 2 aromatic carbocycles. The van der Waals surface area contributed by atoms with Crippen LogP contribution < -0.4 is 10.6 Å². The molecule has 3 heteroatoms. The van der Waals surface area contributed by atoms with Crippen LogP contribution in [0, 0.1) is 17.8 Å². The van der Waals surface area contributed by atoms with Gasteiger partial charge in [0, 0.05) is 17.8 Å². The molecule has 1 heterocycles. The summed E-state index contributed by atoms with van der Waals surface area (Å²) < 4.78 is 0. The maximum Gasteiger partial charge on any atom is 0.251 e. The van der Waals surface area contributed by atoms with Crippen LogP contribution in [0.25, 0.3) is 0 Å². The molecule has 32 heavy (non-hydrogen) atoms. The van der Waals surface area contributed by atoms with Crippen LogP contribution >= 0.6 is 0 Å². The molecule has 3 aliphatic carbocycles. The zero-order valence-corrected chi connectivity index (χ0v) is 18.9. The summed E-state index contributed by atoms with van der Waals surface area (Å²) in [5.41, 5.74) is 6.36. The Hall–Kier alpha value is -2.55. The Morgan fingerprint density at radius 1 is 1.03 bits per heavy atom. The Kier molecular flexibility index (Phi) is 5.29. The lowest BCUT2D eigenvalue weighted by atomic mass is 9.68. The number of amides is 1. The number of rotatable bonds is 5. The fourth-order valence-corrected chi connectivity index (χ4v) is 7.19. The molecule has 0 spiro atoms. The second kappa shape index (κ2) is 8.42. The van der Waals surface area contributed by atoms with E-state index < -0.39 is 0 Å². The van der Waals surface area contributed by atoms with Crippen molar-refractivity contribution in [1.82, 2.24) is 5.32 Å². The van der Waals surface area contributed by atoms with Crippen LogP contribution in [-0.2, 0) is 0 Å². The minimum Gasteiger partial charge on any atom is -0.378 e. The summed E-state index contributed by atoms with van der Waals surface area (Å²) in [6.07, 6.45) is 12.4. The molecule has 3 nitrogen and oxygen atoms in total. The van der Waals surface area contributed by atoms with Gasteiger partial charge in [-0.1, -0.05) is 42.0 Å².